The quantitative estimate of drug-likeness (QED) is 0.755. The number of carbonyl (C=O) groups is 1. The standard InChI is InChI=1S/C13H10ClN3O2/c1-17-3-2-8-9(14)4-7(5-12(8)17)10-6-11(13(18)19)16-15-10/h2-6H,1H3,(H,15,16)(H,18,19). The fourth-order valence-corrected chi connectivity index (χ4v) is 2.33. The Morgan fingerprint density at radius 2 is 2.21 bits per heavy atom. The van der Waals surface area contributed by atoms with Crippen LogP contribution in [0.15, 0.2) is 30.5 Å². The molecule has 2 heterocycles. The van der Waals surface area contributed by atoms with Crippen molar-refractivity contribution < 1.29 is 9.90 Å². The van der Waals surface area contributed by atoms with E-state index in [1.165, 1.54) is 6.07 Å². The number of nitrogens with one attached hydrogen (secondary N) is 1. The minimum Gasteiger partial charge on any atom is -0.477 e. The second-order valence-corrected chi connectivity index (χ2v) is 4.70. The van der Waals surface area contributed by atoms with Crippen LogP contribution in [0.4, 0.5) is 0 Å². The molecule has 0 fully saturated rings. The summed E-state index contributed by atoms with van der Waals surface area (Å²) in [5, 5.41) is 16.9. The molecule has 2 N–H and O–H groups in total. The number of aryl methyl sites for hydroxylation is 1. The molecule has 19 heavy (non-hydrogen) atoms. The Morgan fingerprint density at radius 3 is 2.89 bits per heavy atom. The van der Waals surface area contributed by atoms with Crippen molar-refractivity contribution in [1.82, 2.24) is 14.8 Å². The van der Waals surface area contributed by atoms with Crippen LogP contribution < -0.4 is 0 Å². The number of aromatic nitrogens is 3. The van der Waals surface area contributed by atoms with Gasteiger partial charge in [-0.25, -0.2) is 4.79 Å². The fourth-order valence-electron chi connectivity index (χ4n) is 2.05. The Hall–Kier alpha value is -2.27. The van der Waals surface area contributed by atoms with E-state index in [0.717, 1.165) is 16.5 Å². The average molecular weight is 276 g/mol. The lowest BCUT2D eigenvalue weighted by molar-refractivity contribution is 0.0690. The molecule has 0 unspecified atom stereocenters. The van der Waals surface area contributed by atoms with Gasteiger partial charge in [0.15, 0.2) is 0 Å². The van der Waals surface area contributed by atoms with Crippen LogP contribution in [0.1, 0.15) is 10.5 Å². The van der Waals surface area contributed by atoms with Crippen LogP contribution in [0, 0.1) is 0 Å². The summed E-state index contributed by atoms with van der Waals surface area (Å²) in [5.74, 6) is -1.04. The highest BCUT2D eigenvalue weighted by atomic mass is 35.5. The first kappa shape index (κ1) is 11.8. The molecule has 0 bridgehead atoms. The Balaban J connectivity index is 2.18. The Bertz CT molecular complexity index is 788. The van der Waals surface area contributed by atoms with Gasteiger partial charge in [-0.2, -0.15) is 5.10 Å². The van der Waals surface area contributed by atoms with Crippen molar-refractivity contribution in [3.05, 3.63) is 41.2 Å². The highest BCUT2D eigenvalue weighted by Gasteiger charge is 2.12. The third-order valence-electron chi connectivity index (χ3n) is 3.06. The highest BCUT2D eigenvalue weighted by molar-refractivity contribution is 6.35. The zero-order chi connectivity index (χ0) is 13.6. The van der Waals surface area contributed by atoms with Gasteiger partial charge in [0.05, 0.1) is 10.7 Å². The van der Waals surface area contributed by atoms with Gasteiger partial charge in [-0.3, -0.25) is 5.10 Å². The second kappa shape index (κ2) is 4.13. The molecule has 6 heteroatoms. The van der Waals surface area contributed by atoms with Gasteiger partial charge in [0.1, 0.15) is 5.69 Å². The van der Waals surface area contributed by atoms with Gasteiger partial charge in [0, 0.05) is 29.7 Å². The third kappa shape index (κ3) is 1.88. The molecule has 0 radical (unpaired) electrons. The first-order valence-corrected chi connectivity index (χ1v) is 5.97. The highest BCUT2D eigenvalue weighted by Crippen LogP contribution is 2.30. The van der Waals surface area contributed by atoms with Gasteiger partial charge in [-0.05, 0) is 24.3 Å². The maximum atomic E-state index is 10.8. The van der Waals surface area contributed by atoms with Crippen LogP contribution in [0.2, 0.25) is 5.02 Å². The fraction of sp³-hybridized carbons (Fsp3) is 0.0769. The van der Waals surface area contributed by atoms with E-state index >= 15 is 0 Å². The maximum Gasteiger partial charge on any atom is 0.353 e. The van der Waals surface area contributed by atoms with Gasteiger partial charge in [0.2, 0.25) is 0 Å². The predicted octanol–water partition coefficient (Wildman–Crippen LogP) is 2.92. The number of benzene rings is 1. The molecule has 3 rings (SSSR count). The number of hydrogen-bond donors (Lipinski definition) is 2. The summed E-state index contributed by atoms with van der Waals surface area (Å²) in [5.41, 5.74) is 2.37. The van der Waals surface area contributed by atoms with Crippen molar-refractivity contribution in [2.45, 2.75) is 0 Å². The van der Waals surface area contributed by atoms with Gasteiger partial charge in [0.25, 0.3) is 0 Å². The van der Waals surface area contributed by atoms with E-state index in [1.807, 2.05) is 29.9 Å². The lowest BCUT2D eigenvalue weighted by Gasteiger charge is -2.02. The lowest BCUT2D eigenvalue weighted by Crippen LogP contribution is -1.95. The molecule has 0 saturated carbocycles. The molecular weight excluding hydrogens is 266 g/mol. The second-order valence-electron chi connectivity index (χ2n) is 4.29. The third-order valence-corrected chi connectivity index (χ3v) is 3.37. The van der Waals surface area contributed by atoms with Crippen LogP contribution in [-0.2, 0) is 7.05 Å². The first-order chi connectivity index (χ1) is 9.06. The summed E-state index contributed by atoms with van der Waals surface area (Å²) in [6.07, 6.45) is 1.92. The van der Waals surface area contributed by atoms with Gasteiger partial charge < -0.3 is 9.67 Å². The SMILES string of the molecule is Cn1ccc2c(Cl)cc(-c3cc(C(=O)O)[nH]n3)cc21. The summed E-state index contributed by atoms with van der Waals surface area (Å²) in [7, 11) is 1.93. The maximum absolute atomic E-state index is 10.8. The number of aromatic carboxylic acids is 1. The van der Waals surface area contributed by atoms with Crippen LogP contribution in [-0.4, -0.2) is 25.8 Å². The van der Waals surface area contributed by atoms with Crippen LogP contribution in [0.5, 0.6) is 0 Å². The van der Waals surface area contributed by atoms with Crippen molar-refractivity contribution in [2.75, 3.05) is 0 Å². The molecule has 0 amide bonds. The number of fused-ring (bicyclic) bond motifs is 1. The molecule has 0 saturated heterocycles. The van der Waals surface area contributed by atoms with E-state index in [-0.39, 0.29) is 5.69 Å². The number of carboxylic acids is 1. The molecule has 0 aliphatic rings. The smallest absolute Gasteiger partial charge is 0.353 e. The Morgan fingerprint density at radius 1 is 1.42 bits per heavy atom. The number of nitrogens with zero attached hydrogens (tertiary/aromatic N) is 2. The summed E-state index contributed by atoms with van der Waals surface area (Å²) >= 11 is 6.23. The monoisotopic (exact) mass is 275 g/mol. The number of H-pyrrole nitrogens is 1. The van der Waals surface area contributed by atoms with E-state index in [2.05, 4.69) is 10.2 Å². The summed E-state index contributed by atoms with van der Waals surface area (Å²) in [4.78, 5) is 10.8. The summed E-state index contributed by atoms with van der Waals surface area (Å²) in [6, 6.07) is 7.14. The molecule has 0 spiro atoms. The molecule has 0 aliphatic heterocycles. The topological polar surface area (TPSA) is 70.9 Å². The van der Waals surface area contributed by atoms with E-state index in [1.54, 1.807) is 6.07 Å². The molecule has 5 nitrogen and oxygen atoms in total. The molecular formula is C13H10ClN3O2. The zero-order valence-electron chi connectivity index (χ0n) is 10.0. The molecule has 2 aromatic heterocycles. The van der Waals surface area contributed by atoms with Crippen LogP contribution >= 0.6 is 11.6 Å². The Kier molecular flexibility index (Phi) is 2.57. The van der Waals surface area contributed by atoms with Crippen LogP contribution in [0.3, 0.4) is 0 Å². The minimum atomic E-state index is -1.04. The number of halogens is 1. The van der Waals surface area contributed by atoms with Crippen molar-refractivity contribution in [3.63, 3.8) is 0 Å². The van der Waals surface area contributed by atoms with Gasteiger partial charge >= 0.3 is 5.97 Å². The van der Waals surface area contributed by atoms with Crippen molar-refractivity contribution in [2.24, 2.45) is 7.05 Å². The number of carboxylic acid groups (broad SMARTS) is 1. The average Bonchev–Trinajstić information content (AvgIpc) is 2.97. The van der Waals surface area contributed by atoms with E-state index in [4.69, 9.17) is 16.7 Å². The molecule has 0 aliphatic carbocycles. The Labute approximate surface area is 113 Å². The minimum absolute atomic E-state index is 0.0538. The number of hydrogen-bond acceptors (Lipinski definition) is 2. The lowest BCUT2D eigenvalue weighted by atomic mass is 10.1. The molecule has 0 atom stereocenters. The van der Waals surface area contributed by atoms with Gasteiger partial charge in [-0.1, -0.05) is 11.6 Å². The van der Waals surface area contributed by atoms with E-state index in [0.29, 0.717) is 10.7 Å². The van der Waals surface area contributed by atoms with Crippen LogP contribution in [0.25, 0.3) is 22.2 Å². The number of rotatable bonds is 2. The van der Waals surface area contributed by atoms with Crippen molar-refractivity contribution >= 4 is 28.5 Å². The summed E-state index contributed by atoms with van der Waals surface area (Å²) < 4.78 is 1.95. The predicted molar refractivity (Wildman–Crippen MR) is 72.5 cm³/mol. The zero-order valence-corrected chi connectivity index (χ0v) is 10.8. The molecule has 96 valence electrons. The molecule has 1 aromatic carbocycles. The van der Waals surface area contributed by atoms with Gasteiger partial charge in [-0.15, -0.1) is 0 Å². The van der Waals surface area contributed by atoms with Crippen molar-refractivity contribution in [3.8, 4) is 11.3 Å². The summed E-state index contributed by atoms with van der Waals surface area (Å²) in [6.45, 7) is 0. The number of aromatic amines is 1. The van der Waals surface area contributed by atoms with E-state index < -0.39 is 5.97 Å². The van der Waals surface area contributed by atoms with E-state index in [9.17, 15) is 4.79 Å². The van der Waals surface area contributed by atoms with Crippen molar-refractivity contribution in [1.29, 1.82) is 0 Å². The first-order valence-electron chi connectivity index (χ1n) is 5.60. The largest absolute Gasteiger partial charge is 0.477 e. The normalized spacial score (nSPS) is 11.1. The molecule has 3 aromatic rings.